The van der Waals surface area contributed by atoms with Gasteiger partial charge in [0.15, 0.2) is 5.82 Å². The molecule has 2 aromatic heterocycles. The summed E-state index contributed by atoms with van der Waals surface area (Å²) in [5, 5.41) is 5.34. The molecule has 66 heavy (non-hydrogen) atoms. The first kappa shape index (κ1) is 49.9. The molecule has 3 aliphatic heterocycles. The Bertz CT molecular complexity index is 2480. The van der Waals surface area contributed by atoms with Gasteiger partial charge in [-0.3, -0.25) is 4.98 Å². The number of hydrogen-bond donors (Lipinski definition) is 1. The summed E-state index contributed by atoms with van der Waals surface area (Å²) in [7, 11) is -2.82. The van der Waals surface area contributed by atoms with Crippen LogP contribution in [0.25, 0.3) is 32.9 Å². The summed E-state index contributed by atoms with van der Waals surface area (Å²) >= 11 is 0. The second-order valence-electron chi connectivity index (χ2n) is 21.9. The third kappa shape index (κ3) is 8.82. The molecular formula is C53H75F3N6O2Si2. The Morgan fingerprint density at radius 1 is 0.864 bits per heavy atom. The first-order valence-corrected chi connectivity index (χ1v) is 29.0. The van der Waals surface area contributed by atoms with Crippen molar-refractivity contribution in [3.8, 4) is 34.5 Å². The minimum atomic E-state index is -2.52. The quantitative estimate of drug-likeness (QED) is 0.105. The summed E-state index contributed by atoms with van der Waals surface area (Å²) < 4.78 is 63.4. The number of nitrogens with zero attached hydrogens (tertiary/aromatic N) is 5. The number of rotatable bonds is 13. The number of piperidine rings is 1. The number of pyridine rings is 1. The zero-order valence-electron chi connectivity index (χ0n) is 42.3. The molecule has 0 radical (unpaired) electrons. The molecule has 0 spiro atoms. The molecule has 0 aliphatic carbocycles. The van der Waals surface area contributed by atoms with Gasteiger partial charge in [-0.1, -0.05) is 102 Å². The van der Waals surface area contributed by atoms with Crippen LogP contribution in [0.3, 0.4) is 0 Å². The standard InChI is InChI=1S/C53H75F3N6O2Si2/c1-31(2)65(32(3)4,33(5)6)23-21-43-46(55)19-16-38-24-42(64-66(34(7)8,35(9)10)36(11)12)25-44(47(38)43)49-48(56)50-45(27-57-49)51(62-28-40-17-18-41(29-62)58-40)60-52(59-50)63-37(13)53(14)30-61(15)22-20-39(53)26-54/h16,19,24-27,31-37,40-41,58H,17-18,20,22,28-30H2,1-15H3/b39-26+/t37?,40-,41+,53-/m0/s1. The highest BCUT2D eigenvalue weighted by molar-refractivity contribution is 6.90. The highest BCUT2D eigenvalue weighted by Crippen LogP contribution is 2.47. The Balaban J connectivity index is 1.50. The maximum Gasteiger partial charge on any atom is 0.319 e. The van der Waals surface area contributed by atoms with E-state index in [4.69, 9.17) is 24.1 Å². The number of benzene rings is 2. The molecule has 4 aromatic rings. The van der Waals surface area contributed by atoms with Crippen LogP contribution in [0, 0.1) is 28.5 Å². The van der Waals surface area contributed by atoms with E-state index in [-0.39, 0.29) is 51.5 Å². The van der Waals surface area contributed by atoms with Crippen molar-refractivity contribution in [1.29, 1.82) is 0 Å². The molecule has 0 saturated carbocycles. The topological polar surface area (TPSA) is 75.6 Å². The van der Waals surface area contributed by atoms with E-state index in [1.54, 1.807) is 12.3 Å². The van der Waals surface area contributed by atoms with Gasteiger partial charge in [-0.25, -0.2) is 13.2 Å². The molecule has 4 atom stereocenters. The van der Waals surface area contributed by atoms with E-state index in [2.05, 4.69) is 110 Å². The number of ether oxygens (including phenoxy) is 1. The highest BCUT2D eigenvalue weighted by Gasteiger charge is 2.48. The molecule has 3 aliphatic rings. The Labute approximate surface area is 395 Å². The van der Waals surface area contributed by atoms with E-state index < -0.39 is 39.5 Å². The lowest BCUT2D eigenvalue weighted by molar-refractivity contribution is 0.0461. The number of nitrogens with one attached hydrogen (secondary N) is 1. The van der Waals surface area contributed by atoms with Crippen LogP contribution < -0.4 is 19.4 Å². The molecule has 358 valence electrons. The number of aromatic nitrogens is 3. The van der Waals surface area contributed by atoms with Crippen molar-refractivity contribution in [3.63, 3.8) is 0 Å². The van der Waals surface area contributed by atoms with Crippen LogP contribution in [0.5, 0.6) is 11.8 Å². The van der Waals surface area contributed by atoms with Gasteiger partial charge in [-0.2, -0.15) is 9.97 Å². The molecule has 1 unspecified atom stereocenters. The average Bonchev–Trinajstić information content (AvgIpc) is 3.59. The molecule has 8 nitrogen and oxygen atoms in total. The third-order valence-electron chi connectivity index (χ3n) is 16.1. The Morgan fingerprint density at radius 2 is 1.48 bits per heavy atom. The fourth-order valence-electron chi connectivity index (χ4n) is 12.6. The van der Waals surface area contributed by atoms with Crippen LogP contribution >= 0.6 is 0 Å². The van der Waals surface area contributed by atoms with E-state index >= 15 is 8.78 Å². The monoisotopic (exact) mass is 941 g/mol. The van der Waals surface area contributed by atoms with Gasteiger partial charge in [-0.15, -0.1) is 5.54 Å². The van der Waals surface area contributed by atoms with E-state index in [1.807, 2.05) is 33.0 Å². The summed E-state index contributed by atoms with van der Waals surface area (Å²) in [5.41, 5.74) is 6.21. The smallest absolute Gasteiger partial charge is 0.319 e. The van der Waals surface area contributed by atoms with Crippen LogP contribution in [0.15, 0.2) is 42.4 Å². The van der Waals surface area contributed by atoms with Crippen molar-refractivity contribution >= 4 is 43.9 Å². The fraction of sp³-hybridized carbons (Fsp3) is 0.604. The van der Waals surface area contributed by atoms with Gasteiger partial charge in [0.2, 0.25) is 0 Å². The van der Waals surface area contributed by atoms with Crippen LogP contribution in [-0.2, 0) is 0 Å². The summed E-state index contributed by atoms with van der Waals surface area (Å²) in [6.07, 6.45) is 4.48. The lowest BCUT2D eigenvalue weighted by Gasteiger charge is -2.43. The van der Waals surface area contributed by atoms with Crippen molar-refractivity contribution in [2.45, 2.75) is 168 Å². The van der Waals surface area contributed by atoms with E-state index in [0.29, 0.717) is 87.9 Å². The molecule has 13 heteroatoms. The van der Waals surface area contributed by atoms with Crippen molar-refractivity contribution in [3.05, 3.63) is 59.6 Å². The summed E-state index contributed by atoms with van der Waals surface area (Å²) in [4.78, 5) is 19.2. The van der Waals surface area contributed by atoms with E-state index in [0.717, 1.165) is 19.4 Å². The number of anilines is 1. The van der Waals surface area contributed by atoms with Gasteiger partial charge in [0.1, 0.15) is 42.8 Å². The number of hydrogen-bond acceptors (Lipinski definition) is 8. The summed E-state index contributed by atoms with van der Waals surface area (Å²) in [6.45, 7) is 33.4. The molecule has 5 heterocycles. The minimum absolute atomic E-state index is 0.0121. The van der Waals surface area contributed by atoms with Crippen LogP contribution in [0.4, 0.5) is 19.0 Å². The van der Waals surface area contributed by atoms with Gasteiger partial charge >= 0.3 is 6.01 Å². The van der Waals surface area contributed by atoms with Crippen LogP contribution in [-0.4, -0.2) is 87.7 Å². The molecule has 2 aromatic carbocycles. The first-order chi connectivity index (χ1) is 31.1. The van der Waals surface area contributed by atoms with E-state index in [1.165, 1.54) is 6.07 Å². The predicted octanol–water partition coefficient (Wildman–Crippen LogP) is 13.2. The van der Waals surface area contributed by atoms with Crippen LogP contribution in [0.1, 0.15) is 122 Å². The SMILES string of the molecule is CC(Oc1nc(N2C[C@H]3CC[C@@H](C2)N3)c2cnc(-c3cc(O[Si](C(C)C)(C(C)C)C(C)C)cc4ccc(F)c(C#C[Si](C(C)C)(C(C)C)C(C)C)c34)c(F)c2n1)[C@]1(C)CN(C)CC/C1=C\F. The van der Waals surface area contributed by atoms with Gasteiger partial charge in [-0.05, 0) is 95.6 Å². The van der Waals surface area contributed by atoms with Gasteiger partial charge < -0.3 is 24.3 Å². The minimum Gasteiger partial charge on any atom is -0.543 e. The zero-order chi connectivity index (χ0) is 48.2. The van der Waals surface area contributed by atoms with E-state index in [9.17, 15) is 4.39 Å². The number of likely N-dealkylation sites (tertiary alicyclic amines) is 1. The van der Waals surface area contributed by atoms with Crippen molar-refractivity contribution in [1.82, 2.24) is 25.2 Å². The van der Waals surface area contributed by atoms with Crippen molar-refractivity contribution in [2.24, 2.45) is 5.41 Å². The lowest BCUT2D eigenvalue weighted by atomic mass is 9.74. The predicted molar refractivity (Wildman–Crippen MR) is 271 cm³/mol. The second kappa shape index (κ2) is 19.2. The van der Waals surface area contributed by atoms with Crippen molar-refractivity contribution in [2.75, 3.05) is 38.1 Å². The normalized spacial score (nSPS) is 21.9. The summed E-state index contributed by atoms with van der Waals surface area (Å²) in [6, 6.07) is 7.62. The van der Waals surface area contributed by atoms with Gasteiger partial charge in [0.25, 0.3) is 8.32 Å². The number of fused-ring (bicyclic) bond motifs is 4. The van der Waals surface area contributed by atoms with Crippen LogP contribution in [0.2, 0.25) is 33.2 Å². The molecule has 3 saturated heterocycles. The highest BCUT2D eigenvalue weighted by atomic mass is 28.4. The van der Waals surface area contributed by atoms with Gasteiger partial charge in [0.05, 0.1) is 17.3 Å². The third-order valence-corrected chi connectivity index (χ3v) is 28.4. The molecule has 7 rings (SSSR count). The number of halogens is 3. The average molecular weight is 941 g/mol. The molecule has 0 amide bonds. The summed E-state index contributed by atoms with van der Waals surface area (Å²) in [5.74, 6) is 3.44. The molecule has 3 fully saturated rings. The Hall–Kier alpha value is -3.97. The first-order valence-electron chi connectivity index (χ1n) is 24.6. The molecular weight excluding hydrogens is 866 g/mol. The Morgan fingerprint density at radius 3 is 2.06 bits per heavy atom. The second-order valence-corrected chi connectivity index (χ2v) is 32.9. The molecule has 2 bridgehead atoms. The molecule has 1 N–H and O–H groups in total. The maximum absolute atomic E-state index is 18.2. The lowest BCUT2D eigenvalue weighted by Crippen LogP contribution is -2.51. The largest absolute Gasteiger partial charge is 0.543 e. The van der Waals surface area contributed by atoms with Crippen molar-refractivity contribution < 1.29 is 22.3 Å². The fourth-order valence-corrected chi connectivity index (χ4v) is 23.1. The number of piperazine rings is 1. The maximum atomic E-state index is 18.2. The van der Waals surface area contributed by atoms with Gasteiger partial charge in [0, 0.05) is 60.8 Å². The zero-order valence-corrected chi connectivity index (χ0v) is 44.3. The Kier molecular flexibility index (Phi) is 14.5.